The van der Waals surface area contributed by atoms with Gasteiger partial charge in [-0.3, -0.25) is 0 Å². The zero-order valence-electron chi connectivity index (χ0n) is 11.2. The predicted octanol–water partition coefficient (Wildman–Crippen LogP) is 4.54. The minimum atomic E-state index is -1.24. The first-order valence-electron chi connectivity index (χ1n) is 6.48. The van der Waals surface area contributed by atoms with Crippen molar-refractivity contribution in [3.8, 4) is 0 Å². The lowest BCUT2D eigenvalue weighted by Gasteiger charge is -2.17. The molecule has 0 radical (unpaired) electrons. The van der Waals surface area contributed by atoms with E-state index >= 15 is 0 Å². The van der Waals surface area contributed by atoms with Gasteiger partial charge in [-0.2, -0.15) is 0 Å². The van der Waals surface area contributed by atoms with E-state index in [2.05, 4.69) is 74.2 Å². The molecule has 0 N–H and O–H groups in total. The zero-order chi connectivity index (χ0) is 12.8. The van der Waals surface area contributed by atoms with Gasteiger partial charge in [0.15, 0.2) is 0 Å². The Balaban J connectivity index is 2.40. The first-order chi connectivity index (χ1) is 8.55. The van der Waals surface area contributed by atoms with Crippen molar-refractivity contribution >= 4 is 34.8 Å². The van der Waals surface area contributed by atoms with Gasteiger partial charge in [-0.1, -0.05) is 79.4 Å². The third kappa shape index (κ3) is 1.85. The van der Waals surface area contributed by atoms with Crippen LogP contribution in [0.15, 0.2) is 54.6 Å². The molecule has 0 aliphatic heterocycles. The number of hydrogen-bond donors (Lipinski definition) is 0. The summed E-state index contributed by atoms with van der Waals surface area (Å²) >= 11 is 0. The second-order valence-electron chi connectivity index (χ2n) is 5.97. The third-order valence-electron chi connectivity index (χ3n) is 3.61. The molecule has 0 aromatic heterocycles. The summed E-state index contributed by atoms with van der Waals surface area (Å²) in [6.45, 7) is 7.21. The fourth-order valence-corrected chi connectivity index (χ4v) is 3.63. The maximum atomic E-state index is 2.41. The molecule has 0 nitrogen and oxygen atoms in total. The second kappa shape index (κ2) is 3.96. The maximum absolute atomic E-state index is 2.41. The number of hydrogen-bond acceptors (Lipinski definition) is 0. The van der Waals surface area contributed by atoms with Crippen molar-refractivity contribution in [2.45, 2.75) is 19.6 Å². The normalized spacial score (nSPS) is 12.2. The molecule has 0 fully saturated rings. The summed E-state index contributed by atoms with van der Waals surface area (Å²) in [5.41, 5.74) is 0. The molecule has 18 heavy (non-hydrogen) atoms. The molecule has 3 aromatic rings. The third-order valence-corrected chi connectivity index (χ3v) is 5.66. The average molecular weight is 250 g/mol. The molecule has 0 saturated heterocycles. The van der Waals surface area contributed by atoms with Crippen LogP contribution in [-0.2, 0) is 0 Å². The first kappa shape index (κ1) is 11.5. The Bertz CT molecular complexity index is 720. The van der Waals surface area contributed by atoms with Crippen molar-refractivity contribution in [3.05, 3.63) is 54.6 Å². The van der Waals surface area contributed by atoms with E-state index < -0.39 is 8.07 Å². The lowest BCUT2D eigenvalue weighted by Crippen LogP contribution is -2.37. The number of rotatable bonds is 1. The first-order valence-corrected chi connectivity index (χ1v) is 9.98. The van der Waals surface area contributed by atoms with Gasteiger partial charge in [0.1, 0.15) is 0 Å². The van der Waals surface area contributed by atoms with Crippen LogP contribution < -0.4 is 5.19 Å². The van der Waals surface area contributed by atoms with E-state index in [4.69, 9.17) is 0 Å². The van der Waals surface area contributed by atoms with E-state index in [1.165, 1.54) is 26.7 Å². The van der Waals surface area contributed by atoms with E-state index in [1.807, 2.05) is 0 Å². The van der Waals surface area contributed by atoms with Crippen LogP contribution in [0.4, 0.5) is 0 Å². The summed E-state index contributed by atoms with van der Waals surface area (Å²) in [7, 11) is -1.24. The van der Waals surface area contributed by atoms with Crippen molar-refractivity contribution in [2.75, 3.05) is 0 Å². The molecular weight excluding hydrogens is 232 g/mol. The van der Waals surface area contributed by atoms with Crippen molar-refractivity contribution in [1.29, 1.82) is 0 Å². The lowest BCUT2D eigenvalue weighted by molar-refractivity contribution is 1.72. The van der Waals surface area contributed by atoms with Gasteiger partial charge in [-0.05, 0) is 21.5 Å². The van der Waals surface area contributed by atoms with Crippen LogP contribution in [0.3, 0.4) is 0 Å². The minimum Gasteiger partial charge on any atom is -0.0656 e. The van der Waals surface area contributed by atoms with Crippen LogP contribution in [0.5, 0.6) is 0 Å². The predicted molar refractivity (Wildman–Crippen MR) is 84.4 cm³/mol. The van der Waals surface area contributed by atoms with Crippen LogP contribution in [0.1, 0.15) is 0 Å². The molecule has 1 heteroatoms. The molecule has 0 saturated carbocycles. The van der Waals surface area contributed by atoms with E-state index in [0.29, 0.717) is 0 Å². The van der Waals surface area contributed by atoms with Gasteiger partial charge < -0.3 is 0 Å². The summed E-state index contributed by atoms with van der Waals surface area (Å²) in [6.07, 6.45) is 0. The highest BCUT2D eigenvalue weighted by Gasteiger charge is 2.16. The van der Waals surface area contributed by atoms with Gasteiger partial charge >= 0.3 is 0 Å². The summed E-state index contributed by atoms with van der Waals surface area (Å²) < 4.78 is 0. The number of benzene rings is 3. The van der Waals surface area contributed by atoms with Gasteiger partial charge in [0.25, 0.3) is 0 Å². The zero-order valence-corrected chi connectivity index (χ0v) is 12.2. The van der Waals surface area contributed by atoms with E-state index in [1.54, 1.807) is 0 Å². The van der Waals surface area contributed by atoms with E-state index in [0.717, 1.165) is 0 Å². The maximum Gasteiger partial charge on any atom is 0.0776 e. The highest BCUT2D eigenvalue weighted by molar-refractivity contribution is 6.88. The van der Waals surface area contributed by atoms with E-state index in [-0.39, 0.29) is 0 Å². The van der Waals surface area contributed by atoms with Gasteiger partial charge in [-0.25, -0.2) is 0 Å². The lowest BCUT2D eigenvalue weighted by atomic mass is 10.0. The molecule has 0 heterocycles. The summed E-state index contributed by atoms with van der Waals surface area (Å²) in [5.74, 6) is 0. The molecule has 0 aliphatic carbocycles. The fraction of sp³-hybridized carbons (Fsp3) is 0.176. The van der Waals surface area contributed by atoms with Gasteiger partial charge in [0, 0.05) is 0 Å². The molecule has 0 atom stereocenters. The summed E-state index contributed by atoms with van der Waals surface area (Å²) in [6, 6.07) is 20.1. The Morgan fingerprint density at radius 2 is 1.28 bits per heavy atom. The molecule has 0 bridgehead atoms. The van der Waals surface area contributed by atoms with E-state index in [9.17, 15) is 0 Å². The second-order valence-corrected chi connectivity index (χ2v) is 11.0. The summed E-state index contributed by atoms with van der Waals surface area (Å²) in [5, 5.41) is 6.97. The smallest absolute Gasteiger partial charge is 0.0656 e. The largest absolute Gasteiger partial charge is 0.0776 e. The Morgan fingerprint density at radius 3 is 2.00 bits per heavy atom. The quantitative estimate of drug-likeness (QED) is 0.439. The van der Waals surface area contributed by atoms with Gasteiger partial charge in [0.2, 0.25) is 0 Å². The van der Waals surface area contributed by atoms with Crippen LogP contribution in [-0.4, -0.2) is 8.07 Å². The molecule has 0 amide bonds. The number of fused-ring (bicyclic) bond motifs is 3. The molecule has 3 rings (SSSR count). The van der Waals surface area contributed by atoms with Crippen molar-refractivity contribution < 1.29 is 0 Å². The van der Waals surface area contributed by atoms with Gasteiger partial charge in [-0.15, -0.1) is 0 Å². The van der Waals surface area contributed by atoms with Crippen LogP contribution in [0, 0.1) is 0 Å². The SMILES string of the molecule is C[Si](C)(C)c1ccc2ccc3ccccc3c2c1. The highest BCUT2D eigenvalue weighted by atomic mass is 28.3. The minimum absolute atomic E-state index is 1.24. The molecule has 0 aliphatic rings. The molecule has 3 aromatic carbocycles. The van der Waals surface area contributed by atoms with Crippen LogP contribution in [0.2, 0.25) is 19.6 Å². The van der Waals surface area contributed by atoms with Crippen LogP contribution >= 0.6 is 0 Å². The topological polar surface area (TPSA) is 0 Å². The Hall–Kier alpha value is -1.60. The molecule has 90 valence electrons. The highest BCUT2D eigenvalue weighted by Crippen LogP contribution is 2.25. The van der Waals surface area contributed by atoms with Crippen molar-refractivity contribution in [2.24, 2.45) is 0 Å². The van der Waals surface area contributed by atoms with Crippen LogP contribution in [0.25, 0.3) is 21.5 Å². The Kier molecular flexibility index (Phi) is 2.53. The van der Waals surface area contributed by atoms with Crippen molar-refractivity contribution in [3.63, 3.8) is 0 Å². The fourth-order valence-electron chi connectivity index (χ4n) is 2.47. The Morgan fingerprint density at radius 1 is 0.667 bits per heavy atom. The Labute approximate surface area is 109 Å². The summed E-state index contributed by atoms with van der Waals surface area (Å²) in [4.78, 5) is 0. The molecular formula is C17H18Si. The average Bonchev–Trinajstić information content (AvgIpc) is 2.37. The van der Waals surface area contributed by atoms with Crippen molar-refractivity contribution in [1.82, 2.24) is 0 Å². The van der Waals surface area contributed by atoms with Gasteiger partial charge in [0.05, 0.1) is 8.07 Å². The molecule has 0 unspecified atom stereocenters. The molecule has 0 spiro atoms. The monoisotopic (exact) mass is 250 g/mol. The standard InChI is InChI=1S/C17H18Si/c1-18(2,3)15-11-10-14-9-8-13-6-4-5-7-16(13)17(14)12-15/h4-12H,1-3H3.